The number of hydrogen-bond donors (Lipinski definition) is 2. The fourth-order valence-electron chi connectivity index (χ4n) is 2.06. The average Bonchev–Trinajstić information content (AvgIpc) is 2.41. The zero-order valence-corrected chi connectivity index (χ0v) is 12.4. The highest BCUT2D eigenvalue weighted by molar-refractivity contribution is 14.1. The molecule has 0 spiro atoms. The van der Waals surface area contributed by atoms with E-state index in [2.05, 4.69) is 28.0 Å². The molecule has 0 aromatic heterocycles. The van der Waals surface area contributed by atoms with Gasteiger partial charge in [-0.25, -0.2) is 5.43 Å². The number of alkyl halides is 3. The second kappa shape index (κ2) is 6.11. The van der Waals surface area contributed by atoms with Crippen molar-refractivity contribution in [1.29, 1.82) is 0 Å². The highest BCUT2D eigenvalue weighted by atomic mass is 127. The van der Waals surface area contributed by atoms with E-state index in [0.717, 1.165) is 9.64 Å². The second-order valence-electron chi connectivity index (χ2n) is 4.21. The summed E-state index contributed by atoms with van der Waals surface area (Å²) in [6.45, 7) is 0. The molecule has 0 saturated carbocycles. The van der Waals surface area contributed by atoms with Crippen LogP contribution in [0.1, 0.15) is 22.7 Å². The Kier molecular flexibility index (Phi) is 4.66. The zero-order chi connectivity index (χ0) is 14.8. The van der Waals surface area contributed by atoms with E-state index < -0.39 is 17.8 Å². The van der Waals surface area contributed by atoms with Crippen molar-refractivity contribution in [2.75, 3.05) is 0 Å². The Bertz CT molecular complexity index is 599. The van der Waals surface area contributed by atoms with Gasteiger partial charge in [0, 0.05) is 3.57 Å². The summed E-state index contributed by atoms with van der Waals surface area (Å²) in [7, 11) is 0. The van der Waals surface area contributed by atoms with Crippen LogP contribution in [-0.2, 0) is 6.18 Å². The minimum Gasteiger partial charge on any atom is -0.271 e. The van der Waals surface area contributed by atoms with Crippen LogP contribution in [0.15, 0.2) is 48.5 Å². The highest BCUT2D eigenvalue weighted by Crippen LogP contribution is 2.37. The van der Waals surface area contributed by atoms with Crippen LogP contribution in [0.4, 0.5) is 13.2 Å². The van der Waals surface area contributed by atoms with E-state index >= 15 is 0 Å². The summed E-state index contributed by atoms with van der Waals surface area (Å²) < 4.78 is 40.1. The molecule has 0 saturated heterocycles. The van der Waals surface area contributed by atoms with E-state index in [4.69, 9.17) is 5.84 Å². The van der Waals surface area contributed by atoms with Crippen LogP contribution >= 0.6 is 22.6 Å². The van der Waals surface area contributed by atoms with Crippen molar-refractivity contribution < 1.29 is 13.2 Å². The Morgan fingerprint density at radius 3 is 2.05 bits per heavy atom. The van der Waals surface area contributed by atoms with Gasteiger partial charge in [-0.3, -0.25) is 5.84 Å². The van der Waals surface area contributed by atoms with Gasteiger partial charge in [-0.05, 0) is 45.9 Å². The van der Waals surface area contributed by atoms with Gasteiger partial charge in [-0.2, -0.15) is 13.2 Å². The normalized spacial score (nSPS) is 13.2. The Morgan fingerprint density at radius 1 is 0.950 bits per heavy atom. The minimum atomic E-state index is -4.41. The number of nitrogens with two attached hydrogens (primary N) is 1. The van der Waals surface area contributed by atoms with E-state index in [-0.39, 0.29) is 5.56 Å². The molecule has 0 fully saturated rings. The Labute approximate surface area is 128 Å². The second-order valence-corrected chi connectivity index (χ2v) is 5.37. The SMILES string of the molecule is NNC(c1ccccc1I)c1ccccc1C(F)(F)F. The van der Waals surface area contributed by atoms with Crippen molar-refractivity contribution in [3.8, 4) is 0 Å². The number of nitrogens with one attached hydrogen (secondary N) is 1. The predicted molar refractivity (Wildman–Crippen MR) is 79.8 cm³/mol. The summed E-state index contributed by atoms with van der Waals surface area (Å²) in [4.78, 5) is 0. The molecule has 106 valence electrons. The van der Waals surface area contributed by atoms with Crippen molar-refractivity contribution in [2.45, 2.75) is 12.2 Å². The van der Waals surface area contributed by atoms with Crippen LogP contribution in [0.3, 0.4) is 0 Å². The Balaban J connectivity index is 2.57. The minimum absolute atomic E-state index is 0.117. The van der Waals surface area contributed by atoms with E-state index in [1.807, 2.05) is 12.1 Å². The van der Waals surface area contributed by atoms with Crippen LogP contribution < -0.4 is 11.3 Å². The molecular weight excluding hydrogens is 380 g/mol. The number of benzene rings is 2. The van der Waals surface area contributed by atoms with Gasteiger partial charge in [-0.15, -0.1) is 0 Å². The third-order valence-electron chi connectivity index (χ3n) is 2.96. The third kappa shape index (κ3) is 3.13. The van der Waals surface area contributed by atoms with Gasteiger partial charge in [0.2, 0.25) is 0 Å². The molecule has 0 bridgehead atoms. The van der Waals surface area contributed by atoms with E-state index in [1.165, 1.54) is 12.1 Å². The van der Waals surface area contributed by atoms with Gasteiger partial charge < -0.3 is 0 Å². The maximum atomic E-state index is 13.1. The summed E-state index contributed by atoms with van der Waals surface area (Å²) in [5, 5.41) is 0. The maximum absolute atomic E-state index is 13.1. The largest absolute Gasteiger partial charge is 0.416 e. The van der Waals surface area contributed by atoms with Gasteiger partial charge in [0.25, 0.3) is 0 Å². The molecule has 0 heterocycles. The molecule has 2 aromatic rings. The first-order valence-electron chi connectivity index (χ1n) is 5.82. The topological polar surface area (TPSA) is 38.0 Å². The summed E-state index contributed by atoms with van der Waals surface area (Å²) in [6.07, 6.45) is -4.41. The number of rotatable bonds is 3. The van der Waals surface area contributed by atoms with E-state index in [0.29, 0.717) is 5.56 Å². The summed E-state index contributed by atoms with van der Waals surface area (Å²) in [5.74, 6) is 5.50. The molecule has 0 aliphatic heterocycles. The van der Waals surface area contributed by atoms with Crippen LogP contribution in [0.5, 0.6) is 0 Å². The van der Waals surface area contributed by atoms with Crippen molar-refractivity contribution >= 4 is 22.6 Å². The number of halogens is 4. The molecule has 6 heteroatoms. The molecule has 0 aliphatic carbocycles. The molecular formula is C14H12F3IN2. The molecule has 0 radical (unpaired) electrons. The highest BCUT2D eigenvalue weighted by Gasteiger charge is 2.35. The maximum Gasteiger partial charge on any atom is 0.416 e. The molecule has 2 aromatic carbocycles. The van der Waals surface area contributed by atoms with E-state index in [1.54, 1.807) is 18.2 Å². The molecule has 20 heavy (non-hydrogen) atoms. The lowest BCUT2D eigenvalue weighted by molar-refractivity contribution is -0.138. The molecule has 0 amide bonds. The average molecular weight is 392 g/mol. The lowest BCUT2D eigenvalue weighted by Crippen LogP contribution is -2.31. The lowest BCUT2D eigenvalue weighted by Gasteiger charge is -2.22. The lowest BCUT2D eigenvalue weighted by atomic mass is 9.94. The van der Waals surface area contributed by atoms with Gasteiger partial charge in [0.05, 0.1) is 11.6 Å². The first kappa shape index (κ1) is 15.3. The third-order valence-corrected chi connectivity index (χ3v) is 3.94. The summed E-state index contributed by atoms with van der Waals surface area (Å²) in [6, 6.07) is 11.9. The molecule has 1 atom stereocenters. The van der Waals surface area contributed by atoms with E-state index in [9.17, 15) is 13.2 Å². The van der Waals surface area contributed by atoms with Gasteiger partial charge in [0.1, 0.15) is 0 Å². The van der Waals surface area contributed by atoms with Gasteiger partial charge in [0.15, 0.2) is 0 Å². The van der Waals surface area contributed by atoms with Gasteiger partial charge in [-0.1, -0.05) is 36.4 Å². The molecule has 0 aliphatic rings. The first-order valence-corrected chi connectivity index (χ1v) is 6.89. The standard InChI is InChI=1S/C14H12F3IN2/c15-14(16,17)11-7-3-1-5-9(11)13(20-19)10-6-2-4-8-12(10)18/h1-8,13,20H,19H2. The number of hydrogen-bond acceptors (Lipinski definition) is 2. The van der Waals surface area contributed by atoms with Gasteiger partial charge >= 0.3 is 6.18 Å². The van der Waals surface area contributed by atoms with Crippen molar-refractivity contribution in [3.63, 3.8) is 0 Å². The quantitative estimate of drug-likeness (QED) is 0.473. The fraction of sp³-hybridized carbons (Fsp3) is 0.143. The van der Waals surface area contributed by atoms with Crippen LogP contribution in [0.25, 0.3) is 0 Å². The predicted octanol–water partition coefficient (Wildman–Crippen LogP) is 3.86. The molecule has 2 nitrogen and oxygen atoms in total. The number of hydrazine groups is 1. The Hall–Kier alpha value is -1.12. The fourth-order valence-corrected chi connectivity index (χ4v) is 2.76. The Morgan fingerprint density at radius 2 is 1.50 bits per heavy atom. The monoisotopic (exact) mass is 392 g/mol. The zero-order valence-electron chi connectivity index (χ0n) is 10.3. The van der Waals surface area contributed by atoms with Crippen LogP contribution in [0.2, 0.25) is 0 Å². The van der Waals surface area contributed by atoms with Crippen molar-refractivity contribution in [3.05, 3.63) is 68.8 Å². The van der Waals surface area contributed by atoms with Crippen LogP contribution in [-0.4, -0.2) is 0 Å². The van der Waals surface area contributed by atoms with Crippen LogP contribution in [0, 0.1) is 3.57 Å². The smallest absolute Gasteiger partial charge is 0.271 e. The first-order chi connectivity index (χ1) is 9.45. The summed E-state index contributed by atoms with van der Waals surface area (Å²) in [5.41, 5.74) is 2.64. The molecule has 1 unspecified atom stereocenters. The summed E-state index contributed by atoms with van der Waals surface area (Å²) >= 11 is 2.08. The molecule has 2 rings (SSSR count). The van der Waals surface area contributed by atoms with Crippen molar-refractivity contribution in [2.24, 2.45) is 5.84 Å². The van der Waals surface area contributed by atoms with Crippen molar-refractivity contribution in [1.82, 2.24) is 5.43 Å². The molecule has 3 N–H and O–H groups in total.